The van der Waals surface area contributed by atoms with Crippen molar-refractivity contribution in [2.24, 2.45) is 7.05 Å². The number of nitrogens with zero attached hydrogens (tertiary/aromatic N) is 4. The van der Waals surface area contributed by atoms with Crippen LogP contribution in [0.4, 0.5) is 0 Å². The van der Waals surface area contributed by atoms with E-state index in [9.17, 15) is 4.79 Å². The van der Waals surface area contributed by atoms with Gasteiger partial charge in [0.25, 0.3) is 0 Å². The van der Waals surface area contributed by atoms with Crippen molar-refractivity contribution in [2.75, 3.05) is 0 Å². The highest BCUT2D eigenvalue weighted by Gasteiger charge is 2.14. The minimum atomic E-state index is 0.0507. The molecule has 5 heteroatoms. The second kappa shape index (κ2) is 5.82. The first-order valence-electron chi connectivity index (χ1n) is 6.70. The fraction of sp³-hybridized carbons (Fsp3) is 0.500. The number of ketones is 1. The fourth-order valence-corrected chi connectivity index (χ4v) is 2.24. The molecule has 0 bridgehead atoms. The number of hydrogen-bond acceptors (Lipinski definition) is 3. The third-order valence-corrected chi connectivity index (χ3v) is 3.43. The van der Waals surface area contributed by atoms with Crippen LogP contribution in [0.2, 0.25) is 0 Å². The van der Waals surface area contributed by atoms with Crippen molar-refractivity contribution in [1.82, 2.24) is 19.6 Å². The summed E-state index contributed by atoms with van der Waals surface area (Å²) in [5.41, 5.74) is 1.44. The Hall–Kier alpha value is -1.91. The lowest BCUT2D eigenvalue weighted by Gasteiger charge is -2.12. The van der Waals surface area contributed by atoms with Crippen LogP contribution in [0.3, 0.4) is 0 Å². The van der Waals surface area contributed by atoms with Gasteiger partial charge in [-0.05, 0) is 25.0 Å². The molecule has 2 aromatic heterocycles. The molecule has 0 aliphatic heterocycles. The first-order chi connectivity index (χ1) is 9.15. The Labute approximate surface area is 113 Å². The highest BCUT2D eigenvalue weighted by Crippen LogP contribution is 2.15. The van der Waals surface area contributed by atoms with Crippen molar-refractivity contribution < 1.29 is 4.79 Å². The molecule has 2 rings (SSSR count). The van der Waals surface area contributed by atoms with E-state index in [0.717, 1.165) is 18.5 Å². The summed E-state index contributed by atoms with van der Waals surface area (Å²) >= 11 is 0. The van der Waals surface area contributed by atoms with Gasteiger partial charge in [-0.25, -0.2) is 0 Å². The molecule has 0 N–H and O–H groups in total. The summed E-state index contributed by atoms with van der Waals surface area (Å²) in [4.78, 5) is 12.1. The normalized spacial score (nSPS) is 11.2. The largest absolute Gasteiger partial charge is 0.292 e. The van der Waals surface area contributed by atoms with Crippen LogP contribution in [0.25, 0.3) is 0 Å². The summed E-state index contributed by atoms with van der Waals surface area (Å²) in [6, 6.07) is 4.08. The lowest BCUT2D eigenvalue weighted by molar-refractivity contribution is 0.0982. The van der Waals surface area contributed by atoms with Crippen LogP contribution in [0.5, 0.6) is 0 Å². The van der Waals surface area contributed by atoms with Crippen LogP contribution >= 0.6 is 0 Å². The van der Waals surface area contributed by atoms with Gasteiger partial charge in [0, 0.05) is 19.4 Å². The van der Waals surface area contributed by atoms with Crippen LogP contribution in [0.1, 0.15) is 48.9 Å². The van der Waals surface area contributed by atoms with Gasteiger partial charge in [0.15, 0.2) is 5.78 Å². The molecular formula is C14H20N4O. The Morgan fingerprint density at radius 2 is 2.05 bits per heavy atom. The maximum Gasteiger partial charge on any atom is 0.186 e. The molecule has 0 aromatic carbocycles. The molecule has 5 nitrogen and oxygen atoms in total. The zero-order valence-electron chi connectivity index (χ0n) is 11.7. The Morgan fingerprint density at radius 3 is 2.63 bits per heavy atom. The van der Waals surface area contributed by atoms with E-state index in [2.05, 4.69) is 24.0 Å². The number of carbonyl (C=O) groups is 1. The third-order valence-electron chi connectivity index (χ3n) is 3.43. The molecule has 102 valence electrons. The summed E-state index contributed by atoms with van der Waals surface area (Å²) in [7, 11) is 1.77. The van der Waals surface area contributed by atoms with Crippen molar-refractivity contribution >= 4 is 5.78 Å². The van der Waals surface area contributed by atoms with Gasteiger partial charge in [-0.2, -0.15) is 10.2 Å². The number of aryl methyl sites for hydroxylation is 1. The van der Waals surface area contributed by atoms with Crippen molar-refractivity contribution in [1.29, 1.82) is 0 Å². The second-order valence-corrected chi connectivity index (χ2v) is 4.70. The summed E-state index contributed by atoms with van der Waals surface area (Å²) < 4.78 is 3.56. The molecule has 2 heterocycles. The van der Waals surface area contributed by atoms with Crippen LogP contribution in [0.15, 0.2) is 24.5 Å². The monoisotopic (exact) mass is 260 g/mol. The van der Waals surface area contributed by atoms with Gasteiger partial charge >= 0.3 is 0 Å². The molecule has 0 fully saturated rings. The van der Waals surface area contributed by atoms with Crippen LogP contribution < -0.4 is 0 Å². The third kappa shape index (κ3) is 2.92. The fourth-order valence-electron chi connectivity index (χ4n) is 2.24. The molecule has 0 atom stereocenters. The number of rotatable bonds is 6. The lowest BCUT2D eigenvalue weighted by atomic mass is 10.2. The second-order valence-electron chi connectivity index (χ2n) is 4.70. The van der Waals surface area contributed by atoms with Gasteiger partial charge in [0.1, 0.15) is 5.69 Å². The van der Waals surface area contributed by atoms with E-state index in [1.807, 2.05) is 16.9 Å². The maximum atomic E-state index is 12.1. The van der Waals surface area contributed by atoms with Crippen molar-refractivity contribution in [3.63, 3.8) is 0 Å². The first-order valence-corrected chi connectivity index (χ1v) is 6.70. The molecule has 0 saturated carbocycles. The Morgan fingerprint density at radius 1 is 1.32 bits per heavy atom. The van der Waals surface area contributed by atoms with Crippen LogP contribution in [-0.2, 0) is 13.5 Å². The van der Waals surface area contributed by atoms with Crippen molar-refractivity contribution in [2.45, 2.75) is 39.2 Å². The average Bonchev–Trinajstić information content (AvgIpc) is 3.00. The summed E-state index contributed by atoms with van der Waals surface area (Å²) in [6.45, 7) is 4.30. The Balaban J connectivity index is 2.08. The predicted octanol–water partition coefficient (Wildman–Crippen LogP) is 2.40. The number of Topliss-reactive ketones (excluding diaryl/α,β-unsaturated/α-hetero) is 1. The molecule has 0 radical (unpaired) electrons. The molecule has 0 spiro atoms. The topological polar surface area (TPSA) is 52.7 Å². The minimum Gasteiger partial charge on any atom is -0.292 e. The summed E-state index contributed by atoms with van der Waals surface area (Å²) in [5.74, 6) is 0.0507. The van der Waals surface area contributed by atoms with E-state index in [1.54, 1.807) is 24.0 Å². The molecule has 19 heavy (non-hydrogen) atoms. The average molecular weight is 260 g/mol. The minimum absolute atomic E-state index is 0.0507. The molecule has 0 saturated heterocycles. The Kier molecular flexibility index (Phi) is 4.14. The van der Waals surface area contributed by atoms with Gasteiger partial charge < -0.3 is 0 Å². The molecule has 0 unspecified atom stereocenters. The van der Waals surface area contributed by atoms with E-state index in [0.29, 0.717) is 18.2 Å². The Bertz CT molecular complexity index is 551. The van der Waals surface area contributed by atoms with E-state index < -0.39 is 0 Å². The van der Waals surface area contributed by atoms with Gasteiger partial charge in [-0.15, -0.1) is 0 Å². The quantitative estimate of drug-likeness (QED) is 0.749. The smallest absolute Gasteiger partial charge is 0.186 e. The van der Waals surface area contributed by atoms with Crippen LogP contribution in [-0.4, -0.2) is 25.3 Å². The zero-order valence-corrected chi connectivity index (χ0v) is 11.7. The van der Waals surface area contributed by atoms with E-state index >= 15 is 0 Å². The van der Waals surface area contributed by atoms with Gasteiger partial charge in [0.05, 0.1) is 18.2 Å². The summed E-state index contributed by atoms with van der Waals surface area (Å²) in [5, 5.41) is 8.51. The van der Waals surface area contributed by atoms with Gasteiger partial charge in [-0.3, -0.25) is 14.2 Å². The summed E-state index contributed by atoms with van der Waals surface area (Å²) in [6.07, 6.45) is 6.02. The van der Waals surface area contributed by atoms with E-state index in [1.165, 1.54) is 0 Å². The highest BCUT2D eigenvalue weighted by atomic mass is 16.1. The number of aromatic nitrogens is 4. The van der Waals surface area contributed by atoms with Crippen LogP contribution in [0, 0.1) is 0 Å². The molecular weight excluding hydrogens is 240 g/mol. The van der Waals surface area contributed by atoms with E-state index in [4.69, 9.17) is 0 Å². The number of carbonyl (C=O) groups excluding carboxylic acids is 1. The molecule has 2 aromatic rings. The lowest BCUT2D eigenvalue weighted by Crippen LogP contribution is -2.11. The van der Waals surface area contributed by atoms with E-state index in [-0.39, 0.29) is 5.78 Å². The molecule has 0 aliphatic rings. The standard InChI is InChI=1S/C14H20N4O/c1-4-12(5-2)18-9-7-11(16-18)10-14(19)13-6-8-15-17(13)3/h6-9,12H,4-5,10H2,1-3H3. The van der Waals surface area contributed by atoms with Crippen molar-refractivity contribution in [3.8, 4) is 0 Å². The predicted molar refractivity (Wildman–Crippen MR) is 73.1 cm³/mol. The first kappa shape index (κ1) is 13.5. The van der Waals surface area contributed by atoms with Gasteiger partial charge in [0.2, 0.25) is 0 Å². The molecule has 0 aliphatic carbocycles. The zero-order chi connectivity index (χ0) is 13.8. The highest BCUT2D eigenvalue weighted by molar-refractivity contribution is 5.95. The number of hydrogen-bond donors (Lipinski definition) is 0. The molecule has 0 amide bonds. The maximum absolute atomic E-state index is 12.1. The van der Waals surface area contributed by atoms with Crippen molar-refractivity contribution in [3.05, 3.63) is 35.9 Å². The SMILES string of the molecule is CCC(CC)n1ccc(CC(=O)c2ccnn2C)n1. The van der Waals surface area contributed by atoms with Gasteiger partial charge in [-0.1, -0.05) is 13.8 Å².